The highest BCUT2D eigenvalue weighted by atomic mass is 19.4. The average Bonchev–Trinajstić information content (AvgIpc) is 3.15. The van der Waals surface area contributed by atoms with Crippen LogP contribution in [0.5, 0.6) is 0 Å². The zero-order valence-electron chi connectivity index (χ0n) is 20.5. The van der Waals surface area contributed by atoms with Crippen LogP contribution in [0.1, 0.15) is 43.7 Å². The van der Waals surface area contributed by atoms with Gasteiger partial charge in [0, 0.05) is 57.0 Å². The molecule has 0 bridgehead atoms. The average molecular weight is 483 g/mol. The summed E-state index contributed by atoms with van der Waals surface area (Å²) in [6, 6.07) is 6.84. The minimum atomic E-state index is -4.54. The van der Waals surface area contributed by atoms with Crippen LogP contribution >= 0.6 is 0 Å². The monoisotopic (exact) mass is 482 g/mol. The summed E-state index contributed by atoms with van der Waals surface area (Å²) in [4.78, 5) is 21.0. The van der Waals surface area contributed by atoms with Crippen LogP contribution in [-0.2, 0) is 11.3 Å². The van der Waals surface area contributed by atoms with E-state index in [1.165, 1.54) is 21.7 Å². The first-order chi connectivity index (χ1) is 16.1. The molecule has 3 fully saturated rings. The lowest BCUT2D eigenvalue weighted by Gasteiger charge is -2.45. The van der Waals surface area contributed by atoms with Gasteiger partial charge in [-0.1, -0.05) is 6.07 Å². The zero-order chi connectivity index (χ0) is 24.5. The molecule has 1 aromatic rings. The predicted octanol–water partition coefficient (Wildman–Crippen LogP) is 4.26. The second-order valence-electron chi connectivity index (χ2n) is 10.3. The number of carbonyl (C=O) groups is 1. The molecule has 3 aliphatic heterocycles. The molecule has 34 heavy (non-hydrogen) atoms. The van der Waals surface area contributed by atoms with E-state index in [2.05, 4.69) is 51.6 Å². The summed E-state index contributed by atoms with van der Waals surface area (Å²) in [7, 11) is 2.16. The molecule has 3 saturated heterocycles. The van der Waals surface area contributed by atoms with Crippen LogP contribution < -0.4 is 4.90 Å². The molecular formula is C25H37F3N4O2. The van der Waals surface area contributed by atoms with E-state index in [0.717, 1.165) is 71.9 Å². The van der Waals surface area contributed by atoms with Gasteiger partial charge >= 0.3 is 12.3 Å². The summed E-state index contributed by atoms with van der Waals surface area (Å²) < 4.78 is 42.9. The van der Waals surface area contributed by atoms with Gasteiger partial charge in [-0.3, -0.25) is 4.90 Å². The number of likely N-dealkylation sites (tertiary alicyclic amines) is 2. The maximum atomic E-state index is 12.8. The highest BCUT2D eigenvalue weighted by Crippen LogP contribution is 2.40. The number of ether oxygens (including phenoxy) is 1. The Balaban J connectivity index is 1.38. The van der Waals surface area contributed by atoms with Crippen molar-refractivity contribution in [3.8, 4) is 0 Å². The lowest BCUT2D eigenvalue weighted by atomic mass is 9.85. The van der Waals surface area contributed by atoms with Crippen molar-refractivity contribution in [1.82, 2.24) is 14.7 Å². The zero-order valence-corrected chi connectivity index (χ0v) is 20.5. The lowest BCUT2D eigenvalue weighted by Crippen LogP contribution is -2.53. The Bertz CT molecular complexity index is 862. The largest absolute Gasteiger partial charge is 0.437 e. The molecule has 0 radical (unpaired) electrons. The van der Waals surface area contributed by atoms with Gasteiger partial charge in [0.1, 0.15) is 0 Å². The second kappa shape index (κ2) is 9.93. The van der Waals surface area contributed by atoms with Crippen molar-refractivity contribution in [3.63, 3.8) is 0 Å². The van der Waals surface area contributed by atoms with E-state index in [1.54, 1.807) is 0 Å². The smallest absolute Gasteiger partial charge is 0.425 e. The molecule has 0 aromatic heterocycles. The molecule has 3 aliphatic rings. The molecule has 1 atom stereocenters. The number of rotatable bonds is 4. The minimum Gasteiger partial charge on any atom is -0.437 e. The number of amides is 1. The van der Waals surface area contributed by atoms with Crippen molar-refractivity contribution in [3.05, 3.63) is 29.3 Å². The number of nitrogens with zero attached hydrogens (tertiary/aromatic N) is 4. The summed E-state index contributed by atoms with van der Waals surface area (Å²) >= 11 is 0. The molecule has 3 heterocycles. The maximum Gasteiger partial charge on any atom is 0.425 e. The minimum absolute atomic E-state index is 0.00414. The van der Waals surface area contributed by atoms with E-state index in [1.807, 2.05) is 0 Å². The Labute approximate surface area is 200 Å². The molecule has 1 aromatic carbocycles. The number of hydrogen-bond acceptors (Lipinski definition) is 5. The van der Waals surface area contributed by atoms with Crippen molar-refractivity contribution in [2.45, 2.75) is 63.9 Å². The molecule has 1 amide bonds. The summed E-state index contributed by atoms with van der Waals surface area (Å²) in [6.45, 7) is 9.96. The van der Waals surface area contributed by atoms with Gasteiger partial charge in [-0.05, 0) is 76.4 Å². The molecule has 1 unspecified atom stereocenters. The molecule has 9 heteroatoms. The van der Waals surface area contributed by atoms with Gasteiger partial charge in [-0.2, -0.15) is 13.2 Å². The fraction of sp³-hybridized carbons (Fsp3) is 0.720. The number of hydrogen-bond donors (Lipinski definition) is 0. The van der Waals surface area contributed by atoms with Gasteiger partial charge in [0.2, 0.25) is 0 Å². The van der Waals surface area contributed by atoms with Gasteiger partial charge in [0.05, 0.1) is 0 Å². The first-order valence-electron chi connectivity index (χ1n) is 12.4. The van der Waals surface area contributed by atoms with Crippen molar-refractivity contribution in [2.75, 3.05) is 57.8 Å². The third-order valence-corrected chi connectivity index (χ3v) is 7.80. The molecule has 6 nitrogen and oxygen atoms in total. The molecule has 1 spiro atoms. The number of likely N-dealkylation sites (N-methyl/N-ethyl adjacent to an activating group) is 1. The third kappa shape index (κ3) is 5.62. The first kappa shape index (κ1) is 25.1. The SMILES string of the molecule is Cc1cc(CN2CCCC23CCN(C(=O)OC(C)C(F)(F)F)CC3)cc(N2CCN(C)CC2)c1. The number of piperazine rings is 1. The standard InChI is InChI=1S/C25H37F3N4O2/c1-19-15-21(17-22(16-19)30-13-11-29(3)12-14-30)18-32-8-4-5-24(32)6-9-31(10-7-24)23(33)34-20(2)25(26,27)28/h15-17,20H,4-14,18H2,1-3H3. The number of alkyl halides is 3. The Morgan fingerprint density at radius 1 is 1.03 bits per heavy atom. The van der Waals surface area contributed by atoms with Gasteiger partial charge in [-0.25, -0.2) is 4.79 Å². The Morgan fingerprint density at radius 3 is 2.35 bits per heavy atom. The molecule has 190 valence electrons. The fourth-order valence-electron chi connectivity index (χ4n) is 5.60. The summed E-state index contributed by atoms with van der Waals surface area (Å²) in [6.07, 6.45) is -3.79. The van der Waals surface area contributed by atoms with Crippen LogP contribution in [0.15, 0.2) is 18.2 Å². The summed E-state index contributed by atoms with van der Waals surface area (Å²) in [5.74, 6) is 0. The highest BCUT2D eigenvalue weighted by molar-refractivity contribution is 5.68. The van der Waals surface area contributed by atoms with Crippen LogP contribution in [-0.4, -0.2) is 91.5 Å². The van der Waals surface area contributed by atoms with E-state index in [9.17, 15) is 18.0 Å². The first-order valence-corrected chi connectivity index (χ1v) is 12.4. The van der Waals surface area contributed by atoms with Crippen LogP contribution in [0.2, 0.25) is 0 Å². The van der Waals surface area contributed by atoms with Crippen LogP contribution in [0, 0.1) is 6.92 Å². The van der Waals surface area contributed by atoms with Crippen LogP contribution in [0.25, 0.3) is 0 Å². The topological polar surface area (TPSA) is 39.3 Å². The number of anilines is 1. The Morgan fingerprint density at radius 2 is 1.71 bits per heavy atom. The van der Waals surface area contributed by atoms with Gasteiger partial charge in [-0.15, -0.1) is 0 Å². The quantitative estimate of drug-likeness (QED) is 0.641. The number of halogens is 3. The molecule has 0 saturated carbocycles. The van der Waals surface area contributed by atoms with E-state index >= 15 is 0 Å². The van der Waals surface area contributed by atoms with E-state index < -0.39 is 18.4 Å². The van der Waals surface area contributed by atoms with Crippen molar-refractivity contribution in [1.29, 1.82) is 0 Å². The van der Waals surface area contributed by atoms with Crippen LogP contribution in [0.3, 0.4) is 0 Å². The third-order valence-electron chi connectivity index (χ3n) is 7.80. The Kier molecular flexibility index (Phi) is 7.33. The molecular weight excluding hydrogens is 445 g/mol. The number of aryl methyl sites for hydroxylation is 1. The van der Waals surface area contributed by atoms with E-state index in [4.69, 9.17) is 0 Å². The number of benzene rings is 1. The number of carbonyl (C=O) groups excluding carboxylic acids is 1. The van der Waals surface area contributed by atoms with Gasteiger partial charge in [0.15, 0.2) is 6.10 Å². The molecule has 0 aliphatic carbocycles. The lowest BCUT2D eigenvalue weighted by molar-refractivity contribution is -0.200. The number of piperidine rings is 1. The fourth-order valence-corrected chi connectivity index (χ4v) is 5.60. The van der Waals surface area contributed by atoms with Crippen molar-refractivity contribution in [2.24, 2.45) is 0 Å². The van der Waals surface area contributed by atoms with Crippen molar-refractivity contribution >= 4 is 11.8 Å². The molecule has 4 rings (SSSR count). The predicted molar refractivity (Wildman–Crippen MR) is 126 cm³/mol. The van der Waals surface area contributed by atoms with Crippen molar-refractivity contribution < 1.29 is 22.7 Å². The summed E-state index contributed by atoms with van der Waals surface area (Å²) in [5.41, 5.74) is 3.85. The van der Waals surface area contributed by atoms with Gasteiger partial charge < -0.3 is 19.4 Å². The summed E-state index contributed by atoms with van der Waals surface area (Å²) in [5, 5.41) is 0. The van der Waals surface area contributed by atoms with Crippen LogP contribution in [0.4, 0.5) is 23.7 Å². The normalized spacial score (nSPS) is 22.9. The van der Waals surface area contributed by atoms with Gasteiger partial charge in [0.25, 0.3) is 0 Å². The molecule has 0 N–H and O–H groups in total. The highest BCUT2D eigenvalue weighted by Gasteiger charge is 2.45. The second-order valence-corrected chi connectivity index (χ2v) is 10.3. The van der Waals surface area contributed by atoms with E-state index in [0.29, 0.717) is 13.1 Å². The maximum absolute atomic E-state index is 12.8. The Hall–Kier alpha value is -2.00. The van der Waals surface area contributed by atoms with E-state index in [-0.39, 0.29) is 5.54 Å².